The van der Waals surface area contributed by atoms with E-state index in [4.69, 9.17) is 24.4 Å². The molecule has 7 nitrogen and oxygen atoms in total. The van der Waals surface area contributed by atoms with Gasteiger partial charge < -0.3 is 19.7 Å². The first-order valence-electron chi connectivity index (χ1n) is 28.1. The van der Waals surface area contributed by atoms with Gasteiger partial charge in [-0.05, 0) is 76.1 Å². The molecule has 4 atom stereocenters. The number of unbranched alkanes of at least 4 members (excludes halogenated alkanes) is 15. The molecule has 0 amide bonds. The fourth-order valence-electron chi connectivity index (χ4n) is 10.3. The Hall–Kier alpha value is -4.59. The first-order chi connectivity index (χ1) is 34.2. The van der Waals surface area contributed by atoms with Crippen LogP contribution in [0.25, 0.3) is 34.2 Å². The topological polar surface area (TPSA) is 97.6 Å². The SMILES string of the molecule is CCCCCCCCCC(CC(CCCCCCC)CCCCCCCC)OC(Oc1cc(O)c(-c2nc(-c3ccc(C)cc3C)nc(-c3ccc(C)cc3C)n2)cc1C(C)(C)c1ccccc1)C(C)O. The van der Waals surface area contributed by atoms with E-state index in [2.05, 4.69) is 123 Å². The number of aromatic nitrogens is 3. The van der Waals surface area contributed by atoms with Gasteiger partial charge in [0.1, 0.15) is 17.6 Å². The lowest BCUT2D eigenvalue weighted by molar-refractivity contribution is -0.174. The molecular weight excluding hydrogens is 875 g/mol. The van der Waals surface area contributed by atoms with E-state index in [1.54, 1.807) is 13.0 Å². The van der Waals surface area contributed by atoms with Gasteiger partial charge in [-0.2, -0.15) is 0 Å². The van der Waals surface area contributed by atoms with Crippen LogP contribution in [0.2, 0.25) is 0 Å². The number of rotatable bonds is 33. The first-order valence-corrected chi connectivity index (χ1v) is 28.1. The Morgan fingerprint density at radius 3 is 1.45 bits per heavy atom. The average molecular weight is 968 g/mol. The molecule has 2 N–H and O–H groups in total. The van der Waals surface area contributed by atoms with Gasteiger partial charge in [0.25, 0.3) is 0 Å². The van der Waals surface area contributed by atoms with Crippen LogP contribution in [0.3, 0.4) is 0 Å². The zero-order chi connectivity index (χ0) is 51.2. The van der Waals surface area contributed by atoms with Crippen molar-refractivity contribution in [3.63, 3.8) is 0 Å². The summed E-state index contributed by atoms with van der Waals surface area (Å²) in [7, 11) is 0. The van der Waals surface area contributed by atoms with E-state index in [9.17, 15) is 10.2 Å². The summed E-state index contributed by atoms with van der Waals surface area (Å²) in [6, 6.07) is 26.6. The highest BCUT2D eigenvalue weighted by molar-refractivity contribution is 5.74. The number of aryl methyl sites for hydroxylation is 4. The third-order valence-corrected chi connectivity index (χ3v) is 14.8. The Morgan fingerprint density at radius 2 is 0.986 bits per heavy atom. The minimum absolute atomic E-state index is 0.0250. The highest BCUT2D eigenvalue weighted by atomic mass is 16.7. The summed E-state index contributed by atoms with van der Waals surface area (Å²) < 4.78 is 14.1. The highest BCUT2D eigenvalue weighted by Gasteiger charge is 2.33. The quantitative estimate of drug-likeness (QED) is 0.0319. The first kappa shape index (κ1) is 57.3. The van der Waals surface area contributed by atoms with Crippen LogP contribution in [0.4, 0.5) is 0 Å². The van der Waals surface area contributed by atoms with Gasteiger partial charge in [0.05, 0.1) is 11.7 Å². The Balaban J connectivity index is 1.56. The molecular formula is C64H93N3O4. The lowest BCUT2D eigenvalue weighted by Gasteiger charge is -2.33. The number of hydrogen-bond acceptors (Lipinski definition) is 7. The number of phenolic OH excluding ortho intramolecular Hbond substituents is 1. The van der Waals surface area contributed by atoms with Gasteiger partial charge in [0, 0.05) is 28.2 Å². The van der Waals surface area contributed by atoms with Crippen LogP contribution < -0.4 is 4.74 Å². The van der Waals surface area contributed by atoms with Crippen molar-refractivity contribution in [3.05, 3.63) is 112 Å². The average Bonchev–Trinajstić information content (AvgIpc) is 3.34. The predicted molar refractivity (Wildman–Crippen MR) is 298 cm³/mol. The highest BCUT2D eigenvalue weighted by Crippen LogP contribution is 2.44. The summed E-state index contributed by atoms with van der Waals surface area (Å²) in [6.45, 7) is 21.3. The summed E-state index contributed by atoms with van der Waals surface area (Å²) in [4.78, 5) is 15.3. The molecule has 5 aromatic rings. The monoisotopic (exact) mass is 968 g/mol. The van der Waals surface area contributed by atoms with E-state index < -0.39 is 17.8 Å². The standard InChI is InChI=1S/C64H93N3O4/c1-11-14-17-20-22-25-31-36-53(43-51(32-27-23-19-16-13-3)33-28-24-21-18-15-12-2)70-63(50(8)68)71-59-45-58(69)56(44-57(59)64(9,10)52-34-29-26-30-35-52)62-66-60(54-39-37-46(4)41-48(54)6)65-61(67-62)55-40-38-47(5)42-49(55)7/h26,29-30,34-35,37-42,44-45,50-51,53,63,68-69H,11-25,27-28,31-33,36,43H2,1-10H3. The molecule has 4 aromatic carbocycles. The second-order valence-corrected chi connectivity index (χ2v) is 21.6. The van der Waals surface area contributed by atoms with Crippen molar-refractivity contribution < 1.29 is 19.7 Å². The number of nitrogens with zero attached hydrogens (tertiary/aromatic N) is 3. The zero-order valence-electron chi connectivity index (χ0n) is 45.9. The Kier molecular flexibility index (Phi) is 24.1. The van der Waals surface area contributed by atoms with E-state index in [0.29, 0.717) is 34.7 Å². The normalized spacial score (nSPS) is 13.6. The third kappa shape index (κ3) is 17.8. The van der Waals surface area contributed by atoms with E-state index in [-0.39, 0.29) is 11.9 Å². The molecule has 0 aliphatic rings. The summed E-state index contributed by atoms with van der Waals surface area (Å²) >= 11 is 0. The van der Waals surface area contributed by atoms with Crippen LogP contribution >= 0.6 is 0 Å². The Morgan fingerprint density at radius 1 is 0.535 bits per heavy atom. The van der Waals surface area contributed by atoms with Gasteiger partial charge in [-0.1, -0.05) is 241 Å². The largest absolute Gasteiger partial charge is 0.507 e. The van der Waals surface area contributed by atoms with Crippen LogP contribution in [-0.4, -0.2) is 43.7 Å². The molecule has 0 aliphatic carbocycles. The lowest BCUT2D eigenvalue weighted by Crippen LogP contribution is -2.37. The molecule has 0 saturated carbocycles. The summed E-state index contributed by atoms with van der Waals surface area (Å²) in [5.74, 6) is 2.43. The van der Waals surface area contributed by atoms with E-state index >= 15 is 0 Å². The number of aliphatic hydroxyl groups excluding tert-OH is 1. The molecule has 7 heteroatoms. The molecule has 0 spiro atoms. The van der Waals surface area contributed by atoms with Crippen molar-refractivity contribution in [1.82, 2.24) is 15.0 Å². The van der Waals surface area contributed by atoms with Gasteiger partial charge in [-0.3, -0.25) is 0 Å². The maximum atomic E-state index is 12.3. The number of ether oxygens (including phenoxy) is 2. The minimum Gasteiger partial charge on any atom is -0.507 e. The van der Waals surface area contributed by atoms with Crippen molar-refractivity contribution >= 4 is 0 Å². The lowest BCUT2D eigenvalue weighted by atomic mass is 9.77. The number of aromatic hydroxyl groups is 1. The number of benzene rings is 4. The van der Waals surface area contributed by atoms with Gasteiger partial charge in [-0.15, -0.1) is 0 Å². The molecule has 0 radical (unpaired) electrons. The fraction of sp³-hybridized carbons (Fsp3) is 0.578. The van der Waals surface area contributed by atoms with E-state index in [1.165, 1.54) is 122 Å². The second kappa shape index (κ2) is 29.8. The molecule has 388 valence electrons. The third-order valence-electron chi connectivity index (χ3n) is 14.8. The molecule has 0 saturated heterocycles. The Bertz CT molecular complexity index is 2250. The summed E-state index contributed by atoms with van der Waals surface area (Å²) in [5, 5.41) is 23.9. The molecule has 0 bridgehead atoms. The molecule has 0 fully saturated rings. The van der Waals surface area contributed by atoms with Gasteiger partial charge in [0.15, 0.2) is 17.5 Å². The minimum atomic E-state index is -0.955. The summed E-state index contributed by atoms with van der Waals surface area (Å²) in [5.41, 5.74) is 8.00. The molecule has 71 heavy (non-hydrogen) atoms. The van der Waals surface area contributed by atoms with E-state index in [1.807, 2.05) is 12.1 Å². The van der Waals surface area contributed by atoms with Crippen LogP contribution in [0.15, 0.2) is 78.9 Å². The Labute approximate surface area is 431 Å². The van der Waals surface area contributed by atoms with Crippen molar-refractivity contribution in [2.24, 2.45) is 5.92 Å². The van der Waals surface area contributed by atoms with Crippen molar-refractivity contribution in [2.45, 2.75) is 234 Å². The maximum absolute atomic E-state index is 12.3. The number of phenols is 1. The van der Waals surface area contributed by atoms with Crippen LogP contribution in [0.1, 0.15) is 216 Å². The van der Waals surface area contributed by atoms with Crippen molar-refractivity contribution in [2.75, 3.05) is 0 Å². The van der Waals surface area contributed by atoms with Gasteiger partial charge in [0.2, 0.25) is 6.29 Å². The summed E-state index contributed by atoms with van der Waals surface area (Å²) in [6.07, 6.45) is 25.2. The van der Waals surface area contributed by atoms with Crippen molar-refractivity contribution in [1.29, 1.82) is 0 Å². The van der Waals surface area contributed by atoms with Crippen LogP contribution in [0, 0.1) is 33.6 Å². The molecule has 1 heterocycles. The molecule has 1 aromatic heterocycles. The molecule has 4 unspecified atom stereocenters. The van der Waals surface area contributed by atoms with E-state index in [0.717, 1.165) is 63.8 Å². The fourth-order valence-corrected chi connectivity index (χ4v) is 10.3. The van der Waals surface area contributed by atoms with Gasteiger partial charge in [-0.25, -0.2) is 15.0 Å². The zero-order valence-corrected chi connectivity index (χ0v) is 45.9. The number of hydrogen-bond donors (Lipinski definition) is 2. The van der Waals surface area contributed by atoms with Crippen molar-refractivity contribution in [3.8, 4) is 45.7 Å². The van der Waals surface area contributed by atoms with Crippen LogP contribution in [-0.2, 0) is 10.2 Å². The predicted octanol–water partition coefficient (Wildman–Crippen LogP) is 17.9. The maximum Gasteiger partial charge on any atom is 0.226 e. The second-order valence-electron chi connectivity index (χ2n) is 21.6. The smallest absolute Gasteiger partial charge is 0.226 e. The van der Waals surface area contributed by atoms with Crippen LogP contribution in [0.5, 0.6) is 11.5 Å². The van der Waals surface area contributed by atoms with Gasteiger partial charge >= 0.3 is 0 Å². The molecule has 0 aliphatic heterocycles. The molecule has 5 rings (SSSR count). The number of aliphatic hydroxyl groups is 1.